The molecule has 0 aromatic heterocycles. The van der Waals surface area contributed by atoms with Gasteiger partial charge in [0, 0.05) is 4.47 Å². The lowest BCUT2D eigenvalue weighted by molar-refractivity contribution is 0.0145. The third-order valence-corrected chi connectivity index (χ3v) is 3.74. The second-order valence-corrected chi connectivity index (χ2v) is 7.04. The second-order valence-electron chi connectivity index (χ2n) is 6.13. The number of carbonyl (C=O) groups excluding carboxylic acids is 1. The van der Waals surface area contributed by atoms with E-state index >= 15 is 0 Å². The lowest BCUT2D eigenvalue weighted by Gasteiger charge is -2.30. The van der Waals surface area contributed by atoms with Crippen molar-refractivity contribution in [1.29, 1.82) is 0 Å². The Morgan fingerprint density at radius 2 is 2.10 bits per heavy atom. The standard InChI is InChI=1S/C15H21BrN2O2/c1-15(2,3)20-14(19)18-9-11-8-12(16)6-4-10(11)5-7-13(18)17/h4,6,8,13H,5,7,9,17H2,1-3H3. The SMILES string of the molecule is CC(C)(C)OC(=O)N1Cc2cc(Br)ccc2CCC1N. The summed E-state index contributed by atoms with van der Waals surface area (Å²) in [4.78, 5) is 13.9. The second kappa shape index (κ2) is 5.74. The summed E-state index contributed by atoms with van der Waals surface area (Å²) < 4.78 is 6.45. The Labute approximate surface area is 128 Å². The van der Waals surface area contributed by atoms with Gasteiger partial charge in [0.25, 0.3) is 0 Å². The first-order valence-corrected chi connectivity index (χ1v) is 7.58. The predicted molar refractivity (Wildman–Crippen MR) is 82.2 cm³/mol. The topological polar surface area (TPSA) is 55.6 Å². The molecule has 1 aromatic carbocycles. The lowest BCUT2D eigenvalue weighted by atomic mass is 10.0. The van der Waals surface area contributed by atoms with Gasteiger partial charge in [-0.2, -0.15) is 0 Å². The highest BCUT2D eigenvalue weighted by Gasteiger charge is 2.29. The van der Waals surface area contributed by atoms with E-state index in [-0.39, 0.29) is 12.3 Å². The highest BCUT2D eigenvalue weighted by Crippen LogP contribution is 2.25. The van der Waals surface area contributed by atoms with Gasteiger partial charge in [-0.25, -0.2) is 4.79 Å². The Morgan fingerprint density at radius 3 is 2.75 bits per heavy atom. The average molecular weight is 341 g/mol. The van der Waals surface area contributed by atoms with Crippen LogP contribution >= 0.6 is 15.9 Å². The maximum atomic E-state index is 12.3. The number of amides is 1. The molecule has 0 fully saturated rings. The number of nitrogens with zero attached hydrogens (tertiary/aromatic N) is 1. The minimum absolute atomic E-state index is 0.309. The molecule has 0 bridgehead atoms. The van der Waals surface area contributed by atoms with E-state index in [0.29, 0.717) is 6.54 Å². The van der Waals surface area contributed by atoms with Crippen molar-refractivity contribution in [3.63, 3.8) is 0 Å². The van der Waals surface area contributed by atoms with E-state index in [2.05, 4.69) is 22.0 Å². The van der Waals surface area contributed by atoms with Crippen LogP contribution in [0.5, 0.6) is 0 Å². The molecule has 1 unspecified atom stereocenters. The molecule has 2 N–H and O–H groups in total. The van der Waals surface area contributed by atoms with Gasteiger partial charge in [0.05, 0.1) is 12.7 Å². The van der Waals surface area contributed by atoms with E-state index in [9.17, 15) is 4.79 Å². The van der Waals surface area contributed by atoms with Crippen molar-refractivity contribution in [2.24, 2.45) is 5.73 Å². The Balaban J connectivity index is 2.23. The van der Waals surface area contributed by atoms with E-state index in [0.717, 1.165) is 22.9 Å². The van der Waals surface area contributed by atoms with Crippen LogP contribution in [0, 0.1) is 0 Å². The molecular formula is C15H21BrN2O2. The molecule has 0 saturated heterocycles. The molecule has 4 nitrogen and oxygen atoms in total. The molecule has 1 aromatic rings. The fourth-order valence-electron chi connectivity index (χ4n) is 2.27. The molecule has 5 heteroatoms. The van der Waals surface area contributed by atoms with Gasteiger partial charge >= 0.3 is 6.09 Å². The van der Waals surface area contributed by atoms with Crippen LogP contribution in [0.2, 0.25) is 0 Å². The zero-order valence-electron chi connectivity index (χ0n) is 12.1. The first-order valence-electron chi connectivity index (χ1n) is 6.79. The van der Waals surface area contributed by atoms with Gasteiger partial charge in [0.15, 0.2) is 0 Å². The van der Waals surface area contributed by atoms with E-state index in [1.165, 1.54) is 5.56 Å². The Morgan fingerprint density at radius 1 is 1.40 bits per heavy atom. The summed E-state index contributed by atoms with van der Waals surface area (Å²) in [5.41, 5.74) is 7.99. The number of carbonyl (C=O) groups is 1. The minimum Gasteiger partial charge on any atom is -0.444 e. The number of aryl methyl sites for hydroxylation is 1. The molecule has 0 saturated carbocycles. The first kappa shape index (κ1) is 15.3. The molecule has 1 aliphatic heterocycles. The average Bonchev–Trinajstić information content (AvgIpc) is 2.47. The molecule has 2 rings (SSSR count). The summed E-state index contributed by atoms with van der Waals surface area (Å²) in [6.07, 6.45) is 0.964. The molecule has 1 aliphatic rings. The summed E-state index contributed by atoms with van der Waals surface area (Å²) in [7, 11) is 0. The number of nitrogens with two attached hydrogens (primary N) is 1. The summed E-state index contributed by atoms with van der Waals surface area (Å²) in [5.74, 6) is 0. The highest BCUT2D eigenvalue weighted by molar-refractivity contribution is 9.10. The first-order chi connectivity index (χ1) is 9.26. The lowest BCUT2D eigenvalue weighted by Crippen LogP contribution is -2.46. The van der Waals surface area contributed by atoms with Gasteiger partial charge in [0.1, 0.15) is 5.60 Å². The van der Waals surface area contributed by atoms with Crippen LogP contribution in [0.25, 0.3) is 0 Å². The number of hydrogen-bond acceptors (Lipinski definition) is 3. The fourth-order valence-corrected chi connectivity index (χ4v) is 2.67. The Hall–Kier alpha value is -1.07. The van der Waals surface area contributed by atoms with Crippen LogP contribution in [0.4, 0.5) is 4.79 Å². The van der Waals surface area contributed by atoms with Crippen molar-refractivity contribution in [3.05, 3.63) is 33.8 Å². The molecule has 1 amide bonds. The third-order valence-electron chi connectivity index (χ3n) is 3.25. The molecule has 1 heterocycles. The van der Waals surface area contributed by atoms with E-state index < -0.39 is 5.60 Å². The molecule has 1 atom stereocenters. The van der Waals surface area contributed by atoms with E-state index in [1.807, 2.05) is 32.9 Å². The van der Waals surface area contributed by atoms with Crippen LogP contribution in [0.1, 0.15) is 38.3 Å². The summed E-state index contributed by atoms with van der Waals surface area (Å²) >= 11 is 3.47. The van der Waals surface area contributed by atoms with Crippen molar-refractivity contribution < 1.29 is 9.53 Å². The number of hydrogen-bond donors (Lipinski definition) is 1. The maximum Gasteiger partial charge on any atom is 0.411 e. The largest absolute Gasteiger partial charge is 0.444 e. The smallest absolute Gasteiger partial charge is 0.411 e. The van der Waals surface area contributed by atoms with Crippen LogP contribution in [-0.2, 0) is 17.7 Å². The summed E-state index contributed by atoms with van der Waals surface area (Å²) in [5, 5.41) is 0. The van der Waals surface area contributed by atoms with Gasteiger partial charge in [-0.1, -0.05) is 22.0 Å². The molecule has 20 heavy (non-hydrogen) atoms. The van der Waals surface area contributed by atoms with Crippen LogP contribution < -0.4 is 5.73 Å². The van der Waals surface area contributed by atoms with Crippen molar-refractivity contribution in [2.75, 3.05) is 0 Å². The van der Waals surface area contributed by atoms with E-state index in [1.54, 1.807) is 4.90 Å². The highest BCUT2D eigenvalue weighted by atomic mass is 79.9. The van der Waals surface area contributed by atoms with Gasteiger partial charge in [0.2, 0.25) is 0 Å². The van der Waals surface area contributed by atoms with Gasteiger partial charge in [-0.15, -0.1) is 0 Å². The molecule has 0 spiro atoms. The zero-order valence-corrected chi connectivity index (χ0v) is 13.7. The number of rotatable bonds is 0. The fraction of sp³-hybridized carbons (Fsp3) is 0.533. The van der Waals surface area contributed by atoms with Crippen LogP contribution in [0.3, 0.4) is 0 Å². The van der Waals surface area contributed by atoms with Crippen LogP contribution in [-0.4, -0.2) is 22.8 Å². The summed E-state index contributed by atoms with van der Waals surface area (Å²) in [6, 6.07) is 6.16. The monoisotopic (exact) mass is 340 g/mol. The van der Waals surface area contributed by atoms with Crippen molar-refractivity contribution in [1.82, 2.24) is 4.90 Å². The van der Waals surface area contributed by atoms with Crippen molar-refractivity contribution >= 4 is 22.0 Å². The quantitative estimate of drug-likeness (QED) is 0.787. The Kier molecular flexibility index (Phi) is 4.39. The molecule has 0 radical (unpaired) electrons. The molecule has 0 aliphatic carbocycles. The molecule has 110 valence electrons. The van der Waals surface area contributed by atoms with E-state index in [4.69, 9.17) is 10.5 Å². The molecular weight excluding hydrogens is 320 g/mol. The normalized spacial score (nSPS) is 19.2. The number of halogens is 1. The van der Waals surface area contributed by atoms with Crippen molar-refractivity contribution in [2.45, 2.75) is 51.9 Å². The third kappa shape index (κ3) is 3.73. The summed E-state index contributed by atoms with van der Waals surface area (Å²) in [6.45, 7) is 6.07. The van der Waals surface area contributed by atoms with Crippen LogP contribution in [0.15, 0.2) is 22.7 Å². The van der Waals surface area contributed by atoms with Gasteiger partial charge in [-0.05, 0) is 56.9 Å². The predicted octanol–water partition coefficient (Wildman–Crippen LogP) is 3.42. The Bertz CT molecular complexity index is 511. The number of ether oxygens (including phenoxy) is 1. The van der Waals surface area contributed by atoms with Gasteiger partial charge < -0.3 is 10.5 Å². The van der Waals surface area contributed by atoms with Crippen molar-refractivity contribution in [3.8, 4) is 0 Å². The number of fused-ring (bicyclic) bond motifs is 1. The maximum absolute atomic E-state index is 12.3. The zero-order chi connectivity index (χ0) is 14.9. The minimum atomic E-state index is -0.511. The number of benzene rings is 1. The van der Waals surface area contributed by atoms with Gasteiger partial charge in [-0.3, -0.25) is 4.90 Å².